The fraction of sp³-hybridized carbons (Fsp3) is 0.400. The molecule has 0 saturated carbocycles. The van der Waals surface area contributed by atoms with Crippen LogP contribution < -0.4 is 10.4 Å². The zero-order valence-corrected chi connectivity index (χ0v) is 15.3. The summed E-state index contributed by atoms with van der Waals surface area (Å²) >= 11 is 4.46. The highest BCUT2D eigenvalue weighted by Crippen LogP contribution is 2.40. The second-order valence-electron chi connectivity index (χ2n) is 5.38. The number of thiophene rings is 1. The zero-order chi connectivity index (χ0) is 17.3. The van der Waals surface area contributed by atoms with Crippen molar-refractivity contribution in [1.82, 2.24) is 10.2 Å². The highest BCUT2D eigenvalue weighted by Gasteiger charge is 2.52. The quantitative estimate of drug-likeness (QED) is 0.699. The topological polar surface area (TPSA) is 89.5 Å². The van der Waals surface area contributed by atoms with Gasteiger partial charge in [0, 0.05) is 16.4 Å². The summed E-state index contributed by atoms with van der Waals surface area (Å²) in [6.45, 7) is 0. The number of carbonyl (C=O) groups is 3. The smallest absolute Gasteiger partial charge is 0.253 e. The summed E-state index contributed by atoms with van der Waals surface area (Å²) < 4.78 is 0. The number of carboxylic acid groups (broad SMARTS) is 1. The minimum absolute atomic E-state index is 0.0261. The normalized spacial score (nSPS) is 22.9. The predicted octanol–water partition coefficient (Wildman–Crippen LogP) is 0.0575. The van der Waals surface area contributed by atoms with Crippen LogP contribution >= 0.6 is 34.9 Å². The maximum atomic E-state index is 12.4. The van der Waals surface area contributed by atoms with Gasteiger partial charge in [-0.2, -0.15) is 11.8 Å². The number of nitrogens with zero attached hydrogens (tertiary/aromatic N) is 1. The van der Waals surface area contributed by atoms with E-state index in [-0.39, 0.29) is 29.3 Å². The van der Waals surface area contributed by atoms with Crippen molar-refractivity contribution in [1.29, 1.82) is 0 Å². The van der Waals surface area contributed by atoms with Gasteiger partial charge in [0.05, 0.1) is 18.1 Å². The first-order valence-electron chi connectivity index (χ1n) is 7.21. The summed E-state index contributed by atoms with van der Waals surface area (Å²) in [6, 6.07) is 3.05. The standard InChI is InChI=1S/C15H16N2O4S3/c1-22-6-8-7-24-14-11(13(19)17(14)12(8)15(20)21)16-10(18)5-9-3-2-4-23-9/h2-4,11,14H,5-7H2,1H3,(H,16,18)(H,20,21)/p-1/t11-,14-/m1/s1. The molecular formula is C15H15N2O4S3-. The maximum absolute atomic E-state index is 12.4. The summed E-state index contributed by atoms with van der Waals surface area (Å²) in [5.41, 5.74) is 0.669. The van der Waals surface area contributed by atoms with Crippen LogP contribution in [0.15, 0.2) is 28.8 Å². The molecule has 0 unspecified atom stereocenters. The number of amides is 2. The van der Waals surface area contributed by atoms with Crippen molar-refractivity contribution < 1.29 is 19.5 Å². The number of aliphatic carboxylic acids is 1. The Bertz CT molecular complexity index is 702. The highest BCUT2D eigenvalue weighted by atomic mass is 32.2. The van der Waals surface area contributed by atoms with Crippen molar-refractivity contribution in [2.24, 2.45) is 0 Å². The van der Waals surface area contributed by atoms with Crippen LogP contribution in [-0.4, -0.2) is 51.9 Å². The Morgan fingerprint density at radius 2 is 2.29 bits per heavy atom. The molecule has 0 bridgehead atoms. The monoisotopic (exact) mass is 383 g/mol. The van der Waals surface area contributed by atoms with E-state index in [1.54, 1.807) is 0 Å². The van der Waals surface area contributed by atoms with E-state index < -0.39 is 12.0 Å². The van der Waals surface area contributed by atoms with Crippen molar-refractivity contribution in [3.8, 4) is 0 Å². The molecule has 9 heteroatoms. The number of carbonyl (C=O) groups excluding carboxylic acids is 3. The van der Waals surface area contributed by atoms with Crippen molar-refractivity contribution in [3.63, 3.8) is 0 Å². The SMILES string of the molecule is CSCC1=C(C(=O)[O-])N2C(=O)[C@@H](NC(=O)Cc3cccs3)[C@H]2SC1. The van der Waals surface area contributed by atoms with Crippen LogP contribution in [0, 0.1) is 0 Å². The lowest BCUT2D eigenvalue weighted by molar-refractivity contribution is -0.301. The van der Waals surface area contributed by atoms with Crippen LogP contribution in [0.3, 0.4) is 0 Å². The molecule has 128 valence electrons. The Morgan fingerprint density at radius 1 is 1.50 bits per heavy atom. The number of carboxylic acids is 1. The molecule has 1 aromatic rings. The van der Waals surface area contributed by atoms with Crippen LogP contribution in [0.5, 0.6) is 0 Å². The van der Waals surface area contributed by atoms with Gasteiger partial charge >= 0.3 is 0 Å². The van der Waals surface area contributed by atoms with Gasteiger partial charge in [-0.15, -0.1) is 23.1 Å². The molecule has 0 aromatic carbocycles. The van der Waals surface area contributed by atoms with E-state index in [2.05, 4.69) is 5.32 Å². The highest BCUT2D eigenvalue weighted by molar-refractivity contribution is 8.00. The van der Waals surface area contributed by atoms with Crippen molar-refractivity contribution in [3.05, 3.63) is 33.7 Å². The minimum atomic E-state index is -1.33. The lowest BCUT2D eigenvalue weighted by Crippen LogP contribution is -2.71. The van der Waals surface area contributed by atoms with Gasteiger partial charge in [0.2, 0.25) is 5.91 Å². The predicted molar refractivity (Wildman–Crippen MR) is 93.5 cm³/mol. The van der Waals surface area contributed by atoms with Crippen LogP contribution in [0.25, 0.3) is 0 Å². The van der Waals surface area contributed by atoms with Gasteiger partial charge in [-0.25, -0.2) is 0 Å². The van der Waals surface area contributed by atoms with E-state index in [0.717, 1.165) is 4.88 Å². The largest absolute Gasteiger partial charge is 0.543 e. The molecule has 2 atom stereocenters. The van der Waals surface area contributed by atoms with Gasteiger partial charge in [-0.05, 0) is 23.3 Å². The number of hydrogen-bond donors (Lipinski definition) is 1. The van der Waals surface area contributed by atoms with Gasteiger partial charge in [-0.3, -0.25) is 14.5 Å². The lowest BCUT2D eigenvalue weighted by Gasteiger charge is -2.50. The first-order chi connectivity index (χ1) is 11.5. The van der Waals surface area contributed by atoms with Crippen molar-refractivity contribution in [2.75, 3.05) is 17.8 Å². The fourth-order valence-electron chi connectivity index (χ4n) is 2.75. The average molecular weight is 383 g/mol. The van der Waals surface area contributed by atoms with Crippen LogP contribution in [0.1, 0.15) is 4.88 Å². The Morgan fingerprint density at radius 3 is 2.92 bits per heavy atom. The molecule has 0 aliphatic carbocycles. The summed E-state index contributed by atoms with van der Waals surface area (Å²) in [6.07, 6.45) is 2.10. The van der Waals surface area contributed by atoms with Gasteiger partial charge in [0.1, 0.15) is 11.4 Å². The molecular weight excluding hydrogens is 368 g/mol. The number of thioether (sulfide) groups is 2. The number of fused-ring (bicyclic) bond motifs is 1. The zero-order valence-electron chi connectivity index (χ0n) is 12.8. The summed E-state index contributed by atoms with van der Waals surface area (Å²) in [5, 5.41) is 15.7. The molecule has 1 aromatic heterocycles. The van der Waals surface area contributed by atoms with E-state index in [9.17, 15) is 19.5 Å². The third kappa shape index (κ3) is 3.20. The first kappa shape index (κ1) is 17.4. The first-order valence-corrected chi connectivity index (χ1v) is 10.5. The summed E-state index contributed by atoms with van der Waals surface area (Å²) in [4.78, 5) is 38.1. The molecule has 2 aliphatic rings. The van der Waals surface area contributed by atoms with Gasteiger partial charge < -0.3 is 15.2 Å². The third-order valence-corrected chi connectivity index (χ3v) is 6.64. The van der Waals surface area contributed by atoms with Gasteiger partial charge in [0.15, 0.2) is 0 Å². The molecule has 0 radical (unpaired) electrons. The average Bonchev–Trinajstić information content (AvgIpc) is 3.05. The van der Waals surface area contributed by atoms with E-state index in [0.29, 0.717) is 17.1 Å². The lowest BCUT2D eigenvalue weighted by atomic mass is 10.0. The summed E-state index contributed by atoms with van der Waals surface area (Å²) in [5.74, 6) is -0.881. The molecule has 0 spiro atoms. The van der Waals surface area contributed by atoms with E-state index >= 15 is 0 Å². The Balaban J connectivity index is 1.70. The third-order valence-electron chi connectivity index (χ3n) is 3.79. The molecule has 3 heterocycles. The second-order valence-corrected chi connectivity index (χ2v) is 8.39. The maximum Gasteiger partial charge on any atom is 0.253 e. The molecule has 1 fully saturated rings. The van der Waals surface area contributed by atoms with E-state index in [4.69, 9.17) is 0 Å². The Labute approximate surface area is 151 Å². The summed E-state index contributed by atoms with van der Waals surface area (Å²) in [7, 11) is 0. The molecule has 1 N–H and O–H groups in total. The number of rotatable bonds is 6. The molecule has 6 nitrogen and oxygen atoms in total. The fourth-order valence-corrected chi connectivity index (χ4v) is 5.52. The molecule has 2 aliphatic heterocycles. The van der Waals surface area contributed by atoms with Crippen molar-refractivity contribution >= 4 is 52.6 Å². The Hall–Kier alpha value is -1.45. The molecule has 2 amide bonds. The van der Waals surface area contributed by atoms with Crippen LogP contribution in [0.2, 0.25) is 0 Å². The van der Waals surface area contributed by atoms with Gasteiger partial charge in [0.25, 0.3) is 5.91 Å². The van der Waals surface area contributed by atoms with Crippen LogP contribution in [0.4, 0.5) is 0 Å². The van der Waals surface area contributed by atoms with E-state index in [1.165, 1.54) is 39.8 Å². The van der Waals surface area contributed by atoms with Gasteiger partial charge in [-0.1, -0.05) is 6.07 Å². The van der Waals surface area contributed by atoms with Crippen molar-refractivity contribution in [2.45, 2.75) is 17.8 Å². The number of β-lactam (4-membered cyclic amide) rings is 1. The number of hydrogen-bond acceptors (Lipinski definition) is 7. The van der Waals surface area contributed by atoms with E-state index in [1.807, 2.05) is 23.8 Å². The molecule has 1 saturated heterocycles. The van der Waals surface area contributed by atoms with Crippen LogP contribution in [-0.2, 0) is 20.8 Å². The second kappa shape index (κ2) is 7.20. The molecule has 24 heavy (non-hydrogen) atoms. The molecule has 3 rings (SSSR count). The Kier molecular flexibility index (Phi) is 5.21. The minimum Gasteiger partial charge on any atom is -0.543 e. The number of nitrogens with one attached hydrogen (secondary N) is 1.